The molecule has 1 unspecified atom stereocenters. The summed E-state index contributed by atoms with van der Waals surface area (Å²) in [5.41, 5.74) is 6.38. The van der Waals surface area contributed by atoms with Gasteiger partial charge in [0, 0.05) is 11.9 Å². The first kappa shape index (κ1) is 22.9. The summed E-state index contributed by atoms with van der Waals surface area (Å²) in [5.74, 6) is 0.0728. The van der Waals surface area contributed by atoms with E-state index >= 15 is 0 Å². The lowest BCUT2D eigenvalue weighted by atomic mass is 10.1. The Kier molecular flexibility index (Phi) is 6.17. The van der Waals surface area contributed by atoms with Crippen molar-refractivity contribution in [2.24, 2.45) is 0 Å². The minimum Gasteiger partial charge on any atom is -0.490 e. The molecule has 6 N–H and O–H groups in total. The van der Waals surface area contributed by atoms with E-state index in [1.807, 2.05) is 36.4 Å². The Morgan fingerprint density at radius 3 is 2.80 bits per heavy atom. The zero-order valence-electron chi connectivity index (χ0n) is 18.4. The van der Waals surface area contributed by atoms with Crippen molar-refractivity contribution in [2.75, 3.05) is 18.9 Å². The third-order valence-electron chi connectivity index (χ3n) is 5.85. The van der Waals surface area contributed by atoms with Crippen molar-refractivity contribution < 1.29 is 29.6 Å². The first-order valence-electron chi connectivity index (χ1n) is 10.9. The maximum absolute atomic E-state index is 12.7. The number of nitrogens with two attached hydrogens (primary N) is 1. The van der Waals surface area contributed by atoms with E-state index in [0.29, 0.717) is 11.3 Å². The van der Waals surface area contributed by atoms with Crippen LogP contribution in [-0.4, -0.2) is 78.3 Å². The summed E-state index contributed by atoms with van der Waals surface area (Å²) in [5, 5.41) is 35.7. The van der Waals surface area contributed by atoms with Crippen molar-refractivity contribution in [3.63, 3.8) is 0 Å². The number of hydrogen-bond donors (Lipinski definition) is 5. The molecule has 1 aliphatic rings. The van der Waals surface area contributed by atoms with Crippen molar-refractivity contribution in [2.45, 2.75) is 30.6 Å². The molecule has 4 aromatic rings. The van der Waals surface area contributed by atoms with E-state index in [1.54, 1.807) is 6.07 Å². The lowest BCUT2D eigenvalue weighted by Crippen LogP contribution is -2.45. The molecule has 1 fully saturated rings. The van der Waals surface area contributed by atoms with Crippen LogP contribution in [0.15, 0.2) is 55.1 Å². The third-order valence-corrected chi connectivity index (χ3v) is 5.85. The quantitative estimate of drug-likeness (QED) is 0.237. The molecule has 5 atom stereocenters. The van der Waals surface area contributed by atoms with Crippen molar-refractivity contribution >= 4 is 33.7 Å². The molecule has 12 nitrogen and oxygen atoms in total. The molecule has 0 bridgehead atoms. The number of aliphatic hydroxyl groups excluding tert-OH is 3. The Bertz CT molecular complexity index is 1360. The van der Waals surface area contributed by atoms with Gasteiger partial charge in [0.25, 0.3) is 5.91 Å². The van der Waals surface area contributed by atoms with Crippen molar-refractivity contribution in [3.8, 4) is 5.75 Å². The molecular formula is C23H24N6O6. The molecule has 182 valence electrons. The highest BCUT2D eigenvalue weighted by molar-refractivity contribution is 5.88. The van der Waals surface area contributed by atoms with E-state index in [-0.39, 0.29) is 24.6 Å². The second kappa shape index (κ2) is 9.43. The van der Waals surface area contributed by atoms with Gasteiger partial charge in [-0.1, -0.05) is 36.4 Å². The van der Waals surface area contributed by atoms with Crippen LogP contribution < -0.4 is 15.8 Å². The van der Waals surface area contributed by atoms with Crippen molar-refractivity contribution in [1.29, 1.82) is 0 Å². The molecule has 3 heterocycles. The van der Waals surface area contributed by atoms with Crippen LogP contribution in [0.4, 0.5) is 5.82 Å². The smallest absolute Gasteiger partial charge is 0.252 e. The number of hydrogen-bond acceptors (Lipinski definition) is 10. The van der Waals surface area contributed by atoms with Gasteiger partial charge in [-0.15, -0.1) is 0 Å². The number of benzene rings is 2. The minimum atomic E-state index is -1.51. The number of nitrogen functional groups attached to an aromatic ring is 1. The zero-order chi connectivity index (χ0) is 24.5. The number of carbonyl (C=O) groups is 1. The van der Waals surface area contributed by atoms with Gasteiger partial charge in [-0.05, 0) is 11.5 Å². The van der Waals surface area contributed by atoms with Gasteiger partial charge in [0.15, 0.2) is 23.8 Å². The summed E-state index contributed by atoms with van der Waals surface area (Å²) < 4.78 is 12.8. The van der Waals surface area contributed by atoms with Gasteiger partial charge >= 0.3 is 0 Å². The largest absolute Gasteiger partial charge is 0.490 e. The Balaban J connectivity index is 1.19. The summed E-state index contributed by atoms with van der Waals surface area (Å²) >= 11 is 0. The number of imidazole rings is 1. The van der Waals surface area contributed by atoms with Gasteiger partial charge in [0.2, 0.25) is 0 Å². The number of fused-ring (bicyclic) bond motifs is 2. The summed E-state index contributed by atoms with van der Waals surface area (Å²) in [4.78, 5) is 24.7. The summed E-state index contributed by atoms with van der Waals surface area (Å²) in [6, 6.07) is 13.3. The second-order valence-electron chi connectivity index (χ2n) is 8.20. The molecule has 0 radical (unpaired) electrons. The average Bonchev–Trinajstić information content (AvgIpc) is 3.43. The van der Waals surface area contributed by atoms with Gasteiger partial charge < -0.3 is 35.8 Å². The molecular weight excluding hydrogens is 456 g/mol. The predicted octanol–water partition coefficient (Wildman–Crippen LogP) is -0.263. The molecule has 2 aromatic heterocycles. The molecule has 0 aliphatic carbocycles. The van der Waals surface area contributed by atoms with Crippen molar-refractivity contribution in [3.05, 3.63) is 55.1 Å². The fraction of sp³-hybridized carbons (Fsp3) is 0.304. The van der Waals surface area contributed by atoms with Gasteiger partial charge in [-0.3, -0.25) is 9.36 Å². The Labute approximate surface area is 199 Å². The molecule has 35 heavy (non-hydrogen) atoms. The van der Waals surface area contributed by atoms with E-state index in [1.165, 1.54) is 17.2 Å². The zero-order valence-corrected chi connectivity index (χ0v) is 18.4. The fourth-order valence-corrected chi connectivity index (χ4v) is 4.05. The van der Waals surface area contributed by atoms with E-state index in [2.05, 4.69) is 20.3 Å². The summed E-state index contributed by atoms with van der Waals surface area (Å²) in [6.07, 6.45) is -3.89. The molecule has 5 rings (SSSR count). The fourth-order valence-electron chi connectivity index (χ4n) is 4.05. The average molecular weight is 480 g/mol. The van der Waals surface area contributed by atoms with Gasteiger partial charge in [-0.25, -0.2) is 15.0 Å². The lowest BCUT2D eigenvalue weighted by Gasteiger charge is -2.18. The Morgan fingerprint density at radius 1 is 1.14 bits per heavy atom. The van der Waals surface area contributed by atoms with E-state index in [4.69, 9.17) is 15.2 Å². The molecule has 1 amide bonds. The third kappa shape index (κ3) is 4.35. The number of amides is 1. The SMILES string of the molecule is Nc1ncnc2c1ncn2[C@@H]1O[C@H](C(=O)NCC(O)COc2cccc3ccccc23)[C@@H](O)[C@H]1O. The monoisotopic (exact) mass is 480 g/mol. The molecule has 1 saturated heterocycles. The number of rotatable bonds is 7. The lowest BCUT2D eigenvalue weighted by molar-refractivity contribution is -0.138. The van der Waals surface area contributed by atoms with Crippen LogP contribution in [-0.2, 0) is 9.53 Å². The van der Waals surface area contributed by atoms with Gasteiger partial charge in [0.05, 0.1) is 6.33 Å². The Morgan fingerprint density at radius 2 is 1.94 bits per heavy atom. The number of carbonyl (C=O) groups excluding carboxylic acids is 1. The Hall–Kier alpha value is -3.84. The van der Waals surface area contributed by atoms with Crippen LogP contribution in [0.3, 0.4) is 0 Å². The van der Waals surface area contributed by atoms with Crippen LogP contribution in [0.1, 0.15) is 6.23 Å². The first-order valence-corrected chi connectivity index (χ1v) is 10.9. The molecule has 1 aliphatic heterocycles. The molecule has 0 spiro atoms. The van der Waals surface area contributed by atoms with E-state index in [0.717, 1.165) is 10.8 Å². The number of anilines is 1. The van der Waals surface area contributed by atoms with E-state index in [9.17, 15) is 20.1 Å². The van der Waals surface area contributed by atoms with Crippen LogP contribution in [0.5, 0.6) is 5.75 Å². The summed E-state index contributed by atoms with van der Waals surface area (Å²) in [6.45, 7) is -0.204. The van der Waals surface area contributed by atoms with Gasteiger partial charge in [-0.2, -0.15) is 0 Å². The van der Waals surface area contributed by atoms with Crippen molar-refractivity contribution in [1.82, 2.24) is 24.8 Å². The van der Waals surface area contributed by atoms with Gasteiger partial charge in [0.1, 0.15) is 42.5 Å². The molecule has 0 saturated carbocycles. The van der Waals surface area contributed by atoms with Crippen LogP contribution in [0, 0.1) is 0 Å². The number of aromatic nitrogens is 4. The highest BCUT2D eigenvalue weighted by Gasteiger charge is 2.47. The highest BCUT2D eigenvalue weighted by Crippen LogP contribution is 2.32. The number of nitrogens with one attached hydrogen (secondary N) is 1. The molecule has 2 aromatic carbocycles. The van der Waals surface area contributed by atoms with Crippen LogP contribution in [0.25, 0.3) is 21.9 Å². The maximum atomic E-state index is 12.7. The maximum Gasteiger partial charge on any atom is 0.252 e. The van der Waals surface area contributed by atoms with Crippen LogP contribution >= 0.6 is 0 Å². The minimum absolute atomic E-state index is 0.0598. The normalized spacial score (nSPS) is 22.9. The molecule has 12 heteroatoms. The number of ether oxygens (including phenoxy) is 2. The standard InChI is InChI=1S/C23H24N6O6/c24-20-16-21(27-10-26-20)29(11-28-16)23-18(32)17(31)19(35-23)22(33)25-8-13(30)9-34-15-7-3-5-12-4-1-2-6-14(12)15/h1-7,10-11,13,17-19,23,30-32H,8-9H2,(H,25,33)(H2,24,26,27)/t13?,17-,18+,19-,23+/m0/s1. The predicted molar refractivity (Wildman–Crippen MR) is 124 cm³/mol. The number of nitrogens with zero attached hydrogens (tertiary/aromatic N) is 4. The van der Waals surface area contributed by atoms with E-state index < -0.39 is 36.6 Å². The number of aliphatic hydroxyl groups is 3. The first-order chi connectivity index (χ1) is 16.9. The van der Waals surface area contributed by atoms with Crippen LogP contribution in [0.2, 0.25) is 0 Å². The summed E-state index contributed by atoms with van der Waals surface area (Å²) in [7, 11) is 0. The topological polar surface area (TPSA) is 178 Å². The second-order valence-corrected chi connectivity index (χ2v) is 8.20. The highest BCUT2D eigenvalue weighted by atomic mass is 16.6.